The minimum Gasteiger partial charge on any atom is -0.391 e. The van der Waals surface area contributed by atoms with Crippen molar-refractivity contribution in [3.63, 3.8) is 0 Å². The van der Waals surface area contributed by atoms with Crippen LogP contribution in [0.1, 0.15) is 22.5 Å². The zero-order valence-electron chi connectivity index (χ0n) is 10.2. The number of amides is 1. The van der Waals surface area contributed by atoms with Crippen molar-refractivity contribution < 1.29 is 14.3 Å². The first-order valence-electron chi connectivity index (χ1n) is 6.29. The lowest BCUT2D eigenvalue weighted by atomic mass is 10.2. The molecule has 1 atom stereocenters. The number of fused-ring (bicyclic) bond motifs is 1. The fourth-order valence-electron chi connectivity index (χ4n) is 2.05. The highest BCUT2D eigenvalue weighted by molar-refractivity contribution is 7.20. The molecule has 1 amide bonds. The zero-order valence-corrected chi connectivity index (χ0v) is 11.0. The summed E-state index contributed by atoms with van der Waals surface area (Å²) in [5.41, 5.74) is 0. The van der Waals surface area contributed by atoms with Gasteiger partial charge >= 0.3 is 0 Å². The summed E-state index contributed by atoms with van der Waals surface area (Å²) in [5, 5.41) is 13.3. The van der Waals surface area contributed by atoms with Gasteiger partial charge < -0.3 is 10.4 Å². The molecule has 3 nitrogen and oxygen atoms in total. The van der Waals surface area contributed by atoms with Crippen LogP contribution < -0.4 is 5.32 Å². The molecule has 100 valence electrons. The first-order valence-corrected chi connectivity index (χ1v) is 7.10. The molecule has 5 heteroatoms. The Kier molecular flexibility index (Phi) is 3.24. The van der Waals surface area contributed by atoms with Crippen molar-refractivity contribution >= 4 is 27.3 Å². The van der Waals surface area contributed by atoms with E-state index in [0.29, 0.717) is 10.8 Å². The van der Waals surface area contributed by atoms with Crippen LogP contribution in [0.15, 0.2) is 24.3 Å². The number of hydrogen-bond donors (Lipinski definition) is 2. The molecule has 0 saturated heterocycles. The summed E-state index contributed by atoms with van der Waals surface area (Å²) in [6.07, 6.45) is 1.63. The number of halogens is 1. The minimum atomic E-state index is -0.448. The molecule has 1 aromatic carbocycles. The summed E-state index contributed by atoms with van der Waals surface area (Å²) in [4.78, 5) is 12.5. The van der Waals surface area contributed by atoms with Crippen LogP contribution in [-0.4, -0.2) is 23.7 Å². The van der Waals surface area contributed by atoms with Crippen molar-refractivity contribution in [2.45, 2.75) is 18.9 Å². The Morgan fingerprint density at radius 2 is 2.26 bits per heavy atom. The summed E-state index contributed by atoms with van der Waals surface area (Å²) in [7, 11) is 0. The Morgan fingerprint density at radius 3 is 3.00 bits per heavy atom. The van der Waals surface area contributed by atoms with E-state index < -0.39 is 6.10 Å². The number of carbonyl (C=O) groups is 1. The molecule has 0 aliphatic heterocycles. The van der Waals surface area contributed by atoms with Gasteiger partial charge in [-0.15, -0.1) is 11.3 Å². The van der Waals surface area contributed by atoms with Crippen LogP contribution in [0.5, 0.6) is 0 Å². The second-order valence-electron chi connectivity index (χ2n) is 4.91. The van der Waals surface area contributed by atoms with Crippen molar-refractivity contribution in [2.75, 3.05) is 6.54 Å². The molecule has 1 unspecified atom stereocenters. The van der Waals surface area contributed by atoms with E-state index >= 15 is 0 Å². The van der Waals surface area contributed by atoms with Crippen LogP contribution in [0.3, 0.4) is 0 Å². The molecular weight excluding hydrogens is 265 g/mol. The number of carbonyl (C=O) groups excluding carboxylic acids is 1. The summed E-state index contributed by atoms with van der Waals surface area (Å²) in [5.74, 6) is -0.163. The summed E-state index contributed by atoms with van der Waals surface area (Å²) >= 11 is 1.26. The average Bonchev–Trinajstić information content (AvgIpc) is 3.15. The molecule has 1 aromatic heterocycles. The molecule has 2 aromatic rings. The molecule has 1 fully saturated rings. The third-order valence-electron chi connectivity index (χ3n) is 3.34. The van der Waals surface area contributed by atoms with Crippen LogP contribution in [-0.2, 0) is 0 Å². The maximum Gasteiger partial charge on any atom is 0.261 e. The zero-order chi connectivity index (χ0) is 13.4. The lowest BCUT2D eigenvalue weighted by molar-refractivity contribution is 0.0905. The molecule has 0 spiro atoms. The second-order valence-corrected chi connectivity index (χ2v) is 5.99. The van der Waals surface area contributed by atoms with Crippen LogP contribution in [0.25, 0.3) is 10.1 Å². The standard InChI is InChI=1S/C14H14FNO2S/c15-10-4-3-9-5-13(19-12(9)6-10)14(18)16-7-11(17)8-1-2-8/h3-6,8,11,17H,1-2,7H2,(H,16,18). The van der Waals surface area contributed by atoms with Crippen LogP contribution in [0.2, 0.25) is 0 Å². The van der Waals surface area contributed by atoms with Gasteiger partial charge in [0.25, 0.3) is 5.91 Å². The van der Waals surface area contributed by atoms with Gasteiger partial charge in [-0.25, -0.2) is 4.39 Å². The number of rotatable bonds is 4. The van der Waals surface area contributed by atoms with Crippen molar-refractivity contribution in [3.8, 4) is 0 Å². The van der Waals surface area contributed by atoms with E-state index in [4.69, 9.17) is 0 Å². The maximum absolute atomic E-state index is 13.1. The highest BCUT2D eigenvalue weighted by atomic mass is 32.1. The Hall–Kier alpha value is -1.46. The first kappa shape index (κ1) is 12.6. The fourth-order valence-corrected chi connectivity index (χ4v) is 3.05. The third kappa shape index (κ3) is 2.77. The van der Waals surface area contributed by atoms with E-state index in [2.05, 4.69) is 5.32 Å². The van der Waals surface area contributed by atoms with Gasteiger partial charge in [0.1, 0.15) is 5.82 Å². The minimum absolute atomic E-state index is 0.207. The smallest absolute Gasteiger partial charge is 0.261 e. The Labute approximate surface area is 114 Å². The maximum atomic E-state index is 13.1. The van der Waals surface area contributed by atoms with Gasteiger partial charge in [0.15, 0.2) is 0 Å². The predicted octanol–water partition coefficient (Wildman–Crippen LogP) is 2.54. The van der Waals surface area contributed by atoms with Crippen molar-refractivity contribution in [3.05, 3.63) is 35.0 Å². The van der Waals surface area contributed by atoms with Crippen molar-refractivity contribution in [1.29, 1.82) is 0 Å². The Bertz CT molecular complexity index is 621. The molecule has 1 saturated carbocycles. The number of aliphatic hydroxyl groups excluding tert-OH is 1. The van der Waals surface area contributed by atoms with Gasteiger partial charge in [-0.1, -0.05) is 6.07 Å². The largest absolute Gasteiger partial charge is 0.391 e. The number of benzene rings is 1. The van der Waals surface area contributed by atoms with Gasteiger partial charge in [0.2, 0.25) is 0 Å². The number of hydrogen-bond acceptors (Lipinski definition) is 3. The summed E-state index contributed by atoms with van der Waals surface area (Å²) in [6, 6.07) is 6.22. The predicted molar refractivity (Wildman–Crippen MR) is 72.8 cm³/mol. The molecule has 2 N–H and O–H groups in total. The van der Waals surface area contributed by atoms with E-state index in [-0.39, 0.29) is 18.3 Å². The van der Waals surface area contributed by atoms with E-state index in [1.807, 2.05) is 0 Å². The van der Waals surface area contributed by atoms with Crippen molar-refractivity contribution in [2.24, 2.45) is 5.92 Å². The van der Waals surface area contributed by atoms with Gasteiger partial charge in [0, 0.05) is 11.2 Å². The molecule has 19 heavy (non-hydrogen) atoms. The molecule has 3 rings (SSSR count). The van der Waals surface area contributed by atoms with Gasteiger partial charge in [-0.3, -0.25) is 4.79 Å². The van der Waals surface area contributed by atoms with Gasteiger partial charge in [-0.2, -0.15) is 0 Å². The third-order valence-corrected chi connectivity index (χ3v) is 4.44. The molecule has 1 aliphatic rings. The molecular formula is C14H14FNO2S. The topological polar surface area (TPSA) is 49.3 Å². The second kappa shape index (κ2) is 4.90. The summed E-state index contributed by atoms with van der Waals surface area (Å²) in [6.45, 7) is 0.284. The monoisotopic (exact) mass is 279 g/mol. The first-order chi connectivity index (χ1) is 9.13. The number of nitrogens with one attached hydrogen (secondary N) is 1. The molecule has 1 heterocycles. The van der Waals surface area contributed by atoms with E-state index in [1.165, 1.54) is 23.5 Å². The quantitative estimate of drug-likeness (QED) is 0.903. The fraction of sp³-hybridized carbons (Fsp3) is 0.357. The van der Waals surface area contributed by atoms with E-state index in [0.717, 1.165) is 22.9 Å². The number of thiophene rings is 1. The Balaban J connectivity index is 1.70. The average molecular weight is 279 g/mol. The number of aliphatic hydroxyl groups is 1. The van der Waals surface area contributed by atoms with Crippen LogP contribution >= 0.6 is 11.3 Å². The van der Waals surface area contributed by atoms with E-state index in [1.54, 1.807) is 12.1 Å². The van der Waals surface area contributed by atoms with Crippen molar-refractivity contribution in [1.82, 2.24) is 5.32 Å². The van der Waals surface area contributed by atoms with Gasteiger partial charge in [0.05, 0.1) is 11.0 Å². The van der Waals surface area contributed by atoms with Gasteiger partial charge in [-0.05, 0) is 42.3 Å². The summed E-state index contributed by atoms with van der Waals surface area (Å²) < 4.78 is 13.8. The Morgan fingerprint density at radius 1 is 1.47 bits per heavy atom. The van der Waals surface area contributed by atoms with Crippen LogP contribution in [0, 0.1) is 11.7 Å². The lowest BCUT2D eigenvalue weighted by Crippen LogP contribution is -2.32. The molecule has 1 aliphatic carbocycles. The van der Waals surface area contributed by atoms with E-state index in [9.17, 15) is 14.3 Å². The highest BCUT2D eigenvalue weighted by Gasteiger charge is 2.29. The normalized spacial score (nSPS) is 16.5. The van der Waals surface area contributed by atoms with Crippen LogP contribution in [0.4, 0.5) is 4.39 Å². The molecule has 0 bridgehead atoms. The highest BCUT2D eigenvalue weighted by Crippen LogP contribution is 2.32. The molecule has 0 radical (unpaired) electrons. The SMILES string of the molecule is O=C(NCC(O)C1CC1)c1cc2ccc(F)cc2s1. The lowest BCUT2D eigenvalue weighted by Gasteiger charge is -2.09.